The average Bonchev–Trinajstić information content (AvgIpc) is 3.10. The average molecular weight is 438 g/mol. The number of ether oxygens (including phenoxy) is 1. The van der Waals surface area contributed by atoms with Gasteiger partial charge >= 0.3 is 0 Å². The molecular formula is C26H22N4O3. The van der Waals surface area contributed by atoms with Gasteiger partial charge < -0.3 is 15.2 Å². The Morgan fingerprint density at radius 1 is 1.00 bits per heavy atom. The number of aromatic hydroxyl groups is 1. The molecule has 5 rings (SSSR count). The summed E-state index contributed by atoms with van der Waals surface area (Å²) in [6.07, 6.45) is 3.04. The minimum atomic E-state index is -0.652. The fraction of sp³-hybridized carbons (Fsp3) is 0.154. The molecule has 0 spiro atoms. The van der Waals surface area contributed by atoms with Crippen molar-refractivity contribution in [2.75, 3.05) is 5.32 Å². The summed E-state index contributed by atoms with van der Waals surface area (Å²) in [4.78, 5) is 16.4. The molecule has 33 heavy (non-hydrogen) atoms. The second-order valence-corrected chi connectivity index (χ2v) is 8.38. The monoisotopic (exact) mass is 438 g/mol. The van der Waals surface area contributed by atoms with E-state index < -0.39 is 11.5 Å². The largest absolute Gasteiger partial charge is 0.505 e. The van der Waals surface area contributed by atoms with E-state index in [1.807, 2.05) is 68.4 Å². The van der Waals surface area contributed by atoms with Gasteiger partial charge in [-0.2, -0.15) is 0 Å². The highest BCUT2D eigenvalue weighted by atomic mass is 16.5. The molecule has 0 radical (unpaired) electrons. The number of hydrogen-bond donors (Lipinski definition) is 2. The van der Waals surface area contributed by atoms with E-state index in [0.29, 0.717) is 22.3 Å². The van der Waals surface area contributed by atoms with E-state index in [9.17, 15) is 9.90 Å². The van der Waals surface area contributed by atoms with Crippen molar-refractivity contribution in [2.45, 2.75) is 25.5 Å². The molecule has 1 aromatic heterocycles. The van der Waals surface area contributed by atoms with Crippen LogP contribution in [0, 0.1) is 0 Å². The Morgan fingerprint density at radius 2 is 1.67 bits per heavy atom. The van der Waals surface area contributed by atoms with Crippen molar-refractivity contribution < 1.29 is 14.6 Å². The number of pyridine rings is 1. The molecule has 0 fully saturated rings. The van der Waals surface area contributed by atoms with Crippen LogP contribution in [0.5, 0.6) is 11.5 Å². The predicted octanol–water partition coefficient (Wildman–Crippen LogP) is 6.19. The Labute approximate surface area is 190 Å². The molecule has 164 valence electrons. The minimum absolute atomic E-state index is 0.0611. The van der Waals surface area contributed by atoms with Gasteiger partial charge in [0, 0.05) is 34.4 Å². The first-order valence-corrected chi connectivity index (χ1v) is 10.6. The number of rotatable bonds is 4. The smallest absolute Gasteiger partial charge is 0.295 e. The zero-order valence-corrected chi connectivity index (χ0v) is 18.2. The lowest BCUT2D eigenvalue weighted by molar-refractivity contribution is 0.0994. The predicted molar refractivity (Wildman–Crippen MR) is 126 cm³/mol. The molecule has 1 atom stereocenters. The number of phenolic OH excluding ortho intramolecular Hbond substituents is 1. The third-order valence-electron chi connectivity index (χ3n) is 5.75. The van der Waals surface area contributed by atoms with Crippen molar-refractivity contribution in [2.24, 2.45) is 10.2 Å². The molecule has 2 heterocycles. The fourth-order valence-corrected chi connectivity index (χ4v) is 4.14. The lowest BCUT2D eigenvalue weighted by Crippen LogP contribution is -2.34. The third kappa shape index (κ3) is 3.67. The van der Waals surface area contributed by atoms with Crippen LogP contribution in [0.2, 0.25) is 0 Å². The summed E-state index contributed by atoms with van der Waals surface area (Å²) in [7, 11) is 0. The first-order chi connectivity index (χ1) is 16.0. The molecule has 0 aliphatic carbocycles. The van der Waals surface area contributed by atoms with Crippen LogP contribution in [-0.2, 0) is 0 Å². The van der Waals surface area contributed by atoms with Crippen LogP contribution >= 0.6 is 0 Å². The number of aromatic nitrogens is 1. The Hall–Kier alpha value is -4.26. The van der Waals surface area contributed by atoms with Gasteiger partial charge in [-0.25, -0.2) is 0 Å². The number of nitrogens with zero attached hydrogens (tertiary/aromatic N) is 3. The molecule has 1 aliphatic rings. The molecule has 4 aromatic rings. The lowest BCUT2D eigenvalue weighted by Gasteiger charge is -2.28. The Balaban J connectivity index is 1.65. The second kappa shape index (κ2) is 8.02. The summed E-state index contributed by atoms with van der Waals surface area (Å²) in [5.74, 6) is 0.0202. The Morgan fingerprint density at radius 3 is 2.39 bits per heavy atom. The van der Waals surface area contributed by atoms with Crippen molar-refractivity contribution in [1.29, 1.82) is 0 Å². The highest BCUT2D eigenvalue weighted by molar-refractivity contribution is 6.02. The van der Waals surface area contributed by atoms with E-state index >= 15 is 0 Å². The van der Waals surface area contributed by atoms with E-state index in [4.69, 9.17) is 4.74 Å². The zero-order chi connectivity index (χ0) is 23.0. The van der Waals surface area contributed by atoms with Crippen LogP contribution < -0.4 is 10.1 Å². The summed E-state index contributed by atoms with van der Waals surface area (Å²) in [5.41, 5.74) is 1.43. The molecule has 0 saturated heterocycles. The number of anilines is 1. The third-order valence-corrected chi connectivity index (χ3v) is 5.75. The number of carbonyl (C=O) groups excluding carboxylic acids is 1. The molecular weight excluding hydrogens is 416 g/mol. The molecule has 3 aromatic carbocycles. The van der Waals surface area contributed by atoms with E-state index in [1.54, 1.807) is 12.1 Å². The van der Waals surface area contributed by atoms with Gasteiger partial charge in [0.25, 0.3) is 5.91 Å². The maximum absolute atomic E-state index is 12.5. The van der Waals surface area contributed by atoms with Crippen LogP contribution in [0.4, 0.5) is 11.4 Å². The first kappa shape index (κ1) is 20.6. The highest BCUT2D eigenvalue weighted by Gasteiger charge is 2.45. The van der Waals surface area contributed by atoms with Crippen LogP contribution in [-0.4, -0.2) is 21.6 Å². The number of amides is 1. The number of benzene rings is 3. The van der Waals surface area contributed by atoms with Gasteiger partial charge in [-0.15, -0.1) is 10.2 Å². The van der Waals surface area contributed by atoms with Crippen molar-refractivity contribution in [3.8, 4) is 11.5 Å². The summed E-state index contributed by atoms with van der Waals surface area (Å²) in [5, 5.41) is 24.4. The molecule has 1 unspecified atom stereocenters. The Kier molecular flexibility index (Phi) is 5.01. The summed E-state index contributed by atoms with van der Waals surface area (Å²) in [6, 6.07) is 20.0. The molecule has 1 aliphatic heterocycles. The normalized spacial score (nSPS) is 16.5. The standard InChI is InChI=1S/C26H22N4O3/c1-26(2)24(28-17-8-4-3-5-9-17)20-22(31)21(18-10-6-7-11-19(18)23(20)33-26)29-30-25(32)16-12-14-27-15-13-16/h3-15,24,28,31H,1-2H3. The molecule has 0 bridgehead atoms. The van der Waals surface area contributed by atoms with Gasteiger partial charge in [-0.3, -0.25) is 9.78 Å². The van der Waals surface area contributed by atoms with Crippen molar-refractivity contribution in [1.82, 2.24) is 4.98 Å². The van der Waals surface area contributed by atoms with Crippen molar-refractivity contribution in [3.63, 3.8) is 0 Å². The lowest BCUT2D eigenvalue weighted by atomic mass is 9.91. The number of phenols is 1. The zero-order valence-electron chi connectivity index (χ0n) is 18.2. The number of azo groups is 1. The summed E-state index contributed by atoms with van der Waals surface area (Å²) < 4.78 is 6.35. The molecule has 7 nitrogen and oxygen atoms in total. The number of nitrogens with one attached hydrogen (secondary N) is 1. The number of hydrogen-bond acceptors (Lipinski definition) is 6. The summed E-state index contributed by atoms with van der Waals surface area (Å²) in [6.45, 7) is 3.94. The quantitative estimate of drug-likeness (QED) is 0.370. The second-order valence-electron chi connectivity index (χ2n) is 8.38. The van der Waals surface area contributed by atoms with Gasteiger partial charge in [0.15, 0.2) is 5.75 Å². The van der Waals surface area contributed by atoms with Gasteiger partial charge in [0.2, 0.25) is 0 Å². The van der Waals surface area contributed by atoms with Crippen molar-refractivity contribution in [3.05, 3.63) is 90.3 Å². The molecule has 1 amide bonds. The maximum Gasteiger partial charge on any atom is 0.295 e. The van der Waals surface area contributed by atoms with Gasteiger partial charge in [-0.1, -0.05) is 42.5 Å². The minimum Gasteiger partial charge on any atom is -0.505 e. The topological polar surface area (TPSA) is 96.2 Å². The van der Waals surface area contributed by atoms with Crippen LogP contribution in [0.25, 0.3) is 10.8 Å². The van der Waals surface area contributed by atoms with Gasteiger partial charge in [-0.05, 0) is 38.1 Å². The van der Waals surface area contributed by atoms with Gasteiger partial charge in [0.1, 0.15) is 17.0 Å². The number of fused-ring (bicyclic) bond motifs is 3. The fourth-order valence-electron chi connectivity index (χ4n) is 4.14. The molecule has 0 saturated carbocycles. The number of carbonyl (C=O) groups is 1. The van der Waals surface area contributed by atoms with E-state index in [-0.39, 0.29) is 17.5 Å². The number of para-hydroxylation sites is 1. The molecule has 2 N–H and O–H groups in total. The van der Waals surface area contributed by atoms with Crippen LogP contribution in [0.3, 0.4) is 0 Å². The SMILES string of the molecule is CC1(C)Oc2c(c(O)c(N=NC(=O)c3ccncc3)c3ccccc23)C1Nc1ccccc1. The van der Waals surface area contributed by atoms with E-state index in [2.05, 4.69) is 20.5 Å². The van der Waals surface area contributed by atoms with E-state index in [0.717, 1.165) is 11.1 Å². The van der Waals surface area contributed by atoms with Crippen LogP contribution in [0.1, 0.15) is 35.8 Å². The first-order valence-electron chi connectivity index (χ1n) is 10.6. The highest BCUT2D eigenvalue weighted by Crippen LogP contribution is 2.56. The van der Waals surface area contributed by atoms with Crippen molar-refractivity contribution >= 4 is 28.1 Å². The van der Waals surface area contributed by atoms with Crippen LogP contribution in [0.15, 0.2) is 89.4 Å². The van der Waals surface area contributed by atoms with Gasteiger partial charge in [0.05, 0.1) is 11.6 Å². The summed E-state index contributed by atoms with van der Waals surface area (Å²) >= 11 is 0. The maximum atomic E-state index is 12.5. The van der Waals surface area contributed by atoms with E-state index in [1.165, 1.54) is 12.4 Å². The molecule has 7 heteroatoms. The Bertz CT molecular complexity index is 1370.